The van der Waals surface area contributed by atoms with Gasteiger partial charge in [0.25, 0.3) is 0 Å². The van der Waals surface area contributed by atoms with Crippen molar-refractivity contribution in [3.8, 4) is 11.3 Å². The van der Waals surface area contributed by atoms with Gasteiger partial charge in [0, 0.05) is 29.1 Å². The molecule has 0 bridgehead atoms. The van der Waals surface area contributed by atoms with E-state index in [-0.39, 0.29) is 5.63 Å². The van der Waals surface area contributed by atoms with Crippen molar-refractivity contribution in [1.29, 1.82) is 0 Å². The van der Waals surface area contributed by atoms with Crippen molar-refractivity contribution >= 4 is 27.3 Å². The fourth-order valence-electron chi connectivity index (χ4n) is 3.32. The van der Waals surface area contributed by atoms with Gasteiger partial charge < -0.3 is 4.42 Å². The van der Waals surface area contributed by atoms with E-state index in [1.165, 1.54) is 16.0 Å². The molecule has 3 aromatic heterocycles. The Morgan fingerprint density at radius 2 is 1.96 bits per heavy atom. The van der Waals surface area contributed by atoms with Gasteiger partial charge in [-0.15, -0.1) is 11.3 Å². The topological polar surface area (TPSA) is 47.5 Å². The molecule has 0 radical (unpaired) electrons. The second-order valence-electron chi connectivity index (χ2n) is 6.66. The van der Waals surface area contributed by atoms with E-state index in [2.05, 4.69) is 42.4 Å². The number of imidazole rings is 1. The van der Waals surface area contributed by atoms with Crippen LogP contribution in [0.25, 0.3) is 27.2 Å². The lowest BCUT2D eigenvalue weighted by Gasteiger charge is -2.00. The van der Waals surface area contributed by atoms with Gasteiger partial charge in [0.1, 0.15) is 5.58 Å². The Hall–Kier alpha value is -3.18. The molecule has 3 heterocycles. The molecule has 4 nitrogen and oxygen atoms in total. The molecule has 0 aliphatic carbocycles. The average Bonchev–Trinajstić information content (AvgIpc) is 3.19. The lowest BCUT2D eigenvalue weighted by molar-refractivity contribution is 0.563. The Morgan fingerprint density at radius 3 is 2.81 bits per heavy atom. The number of hydrogen-bond acceptors (Lipinski definition) is 4. The maximum absolute atomic E-state index is 12.4. The molecule has 0 saturated carbocycles. The molecular weight excluding hydrogens is 356 g/mol. The molecule has 0 atom stereocenters. The monoisotopic (exact) mass is 372 g/mol. The SMILES string of the molecule is Cc1cccc(Cc2cn3cc(-c4cc5ccccc5oc4=O)nc3s2)c1. The summed E-state index contributed by atoms with van der Waals surface area (Å²) < 4.78 is 7.42. The van der Waals surface area contributed by atoms with Gasteiger partial charge in [-0.25, -0.2) is 9.78 Å². The van der Waals surface area contributed by atoms with E-state index in [9.17, 15) is 4.79 Å². The zero-order chi connectivity index (χ0) is 18.4. The van der Waals surface area contributed by atoms with Crippen LogP contribution in [0.5, 0.6) is 0 Å². The van der Waals surface area contributed by atoms with Crippen molar-refractivity contribution in [2.45, 2.75) is 13.3 Å². The predicted molar refractivity (Wildman–Crippen MR) is 109 cm³/mol. The van der Waals surface area contributed by atoms with Gasteiger partial charge >= 0.3 is 5.63 Å². The van der Waals surface area contributed by atoms with E-state index < -0.39 is 0 Å². The van der Waals surface area contributed by atoms with E-state index in [0.717, 1.165) is 16.8 Å². The number of rotatable bonds is 3. The van der Waals surface area contributed by atoms with Crippen LogP contribution in [0.15, 0.2) is 76.2 Å². The van der Waals surface area contributed by atoms with E-state index >= 15 is 0 Å². The lowest BCUT2D eigenvalue weighted by atomic mass is 10.1. The van der Waals surface area contributed by atoms with Gasteiger partial charge in [0.05, 0.1) is 11.3 Å². The van der Waals surface area contributed by atoms with Crippen molar-refractivity contribution in [3.05, 3.63) is 93.4 Å². The highest BCUT2D eigenvalue weighted by Gasteiger charge is 2.13. The van der Waals surface area contributed by atoms with Crippen LogP contribution >= 0.6 is 11.3 Å². The van der Waals surface area contributed by atoms with Crippen LogP contribution in [0.2, 0.25) is 0 Å². The van der Waals surface area contributed by atoms with E-state index in [4.69, 9.17) is 4.42 Å². The van der Waals surface area contributed by atoms with Crippen molar-refractivity contribution in [2.24, 2.45) is 0 Å². The highest BCUT2D eigenvalue weighted by atomic mass is 32.1. The van der Waals surface area contributed by atoms with Gasteiger partial charge in [0.15, 0.2) is 4.96 Å². The molecule has 5 rings (SSSR count). The van der Waals surface area contributed by atoms with E-state index in [1.807, 2.05) is 34.9 Å². The summed E-state index contributed by atoms with van der Waals surface area (Å²) in [4.78, 5) is 19.1. The summed E-state index contributed by atoms with van der Waals surface area (Å²) in [7, 11) is 0. The largest absolute Gasteiger partial charge is 0.422 e. The molecule has 0 saturated heterocycles. The molecule has 0 N–H and O–H groups in total. The molecule has 0 amide bonds. The van der Waals surface area contributed by atoms with Crippen LogP contribution < -0.4 is 5.63 Å². The number of nitrogens with zero attached hydrogens (tertiary/aromatic N) is 2. The second kappa shape index (κ2) is 6.21. The molecule has 27 heavy (non-hydrogen) atoms. The highest BCUT2D eigenvalue weighted by Crippen LogP contribution is 2.26. The zero-order valence-corrected chi connectivity index (χ0v) is 15.5. The van der Waals surface area contributed by atoms with Crippen molar-refractivity contribution in [3.63, 3.8) is 0 Å². The van der Waals surface area contributed by atoms with Crippen molar-refractivity contribution in [2.75, 3.05) is 0 Å². The summed E-state index contributed by atoms with van der Waals surface area (Å²) >= 11 is 1.64. The van der Waals surface area contributed by atoms with Crippen LogP contribution in [0.4, 0.5) is 0 Å². The quantitative estimate of drug-likeness (QED) is 0.416. The van der Waals surface area contributed by atoms with Gasteiger partial charge in [-0.1, -0.05) is 48.0 Å². The van der Waals surface area contributed by atoms with Crippen LogP contribution in [-0.4, -0.2) is 9.38 Å². The summed E-state index contributed by atoms with van der Waals surface area (Å²) in [6.07, 6.45) is 4.86. The average molecular weight is 372 g/mol. The number of hydrogen-bond donors (Lipinski definition) is 0. The normalized spacial score (nSPS) is 11.4. The molecule has 0 spiro atoms. The molecule has 0 aliphatic rings. The Kier molecular flexibility index (Phi) is 3.69. The third-order valence-electron chi connectivity index (χ3n) is 4.58. The van der Waals surface area contributed by atoms with E-state index in [1.54, 1.807) is 17.4 Å². The van der Waals surface area contributed by atoms with Crippen LogP contribution in [0, 0.1) is 6.92 Å². The Morgan fingerprint density at radius 1 is 1.07 bits per heavy atom. The molecule has 2 aromatic carbocycles. The third kappa shape index (κ3) is 2.96. The summed E-state index contributed by atoms with van der Waals surface area (Å²) in [5.41, 5.74) is 3.91. The molecule has 5 aromatic rings. The number of para-hydroxylation sites is 1. The Bertz CT molecular complexity index is 1310. The number of benzene rings is 2. The summed E-state index contributed by atoms with van der Waals surface area (Å²) in [6, 6.07) is 17.9. The minimum Gasteiger partial charge on any atom is -0.422 e. The summed E-state index contributed by atoms with van der Waals surface area (Å²) in [6.45, 7) is 2.10. The van der Waals surface area contributed by atoms with Crippen molar-refractivity contribution < 1.29 is 4.42 Å². The summed E-state index contributed by atoms with van der Waals surface area (Å²) in [5, 5.41) is 0.892. The van der Waals surface area contributed by atoms with Gasteiger partial charge in [0.2, 0.25) is 0 Å². The van der Waals surface area contributed by atoms with Gasteiger partial charge in [-0.2, -0.15) is 0 Å². The zero-order valence-electron chi connectivity index (χ0n) is 14.7. The molecule has 5 heteroatoms. The van der Waals surface area contributed by atoms with Crippen LogP contribution in [0.3, 0.4) is 0 Å². The predicted octanol–water partition coefficient (Wildman–Crippen LogP) is 5.07. The number of thiazole rings is 1. The molecule has 0 fully saturated rings. The standard InChI is InChI=1S/C22H16N2O2S/c1-14-5-4-6-15(9-14)10-17-12-24-13-19(23-22(24)27-17)18-11-16-7-2-3-8-20(16)26-21(18)25/h2-9,11-13H,10H2,1H3. The lowest BCUT2D eigenvalue weighted by Crippen LogP contribution is -2.02. The smallest absolute Gasteiger partial charge is 0.345 e. The minimum atomic E-state index is -0.362. The van der Waals surface area contributed by atoms with Gasteiger partial charge in [-0.3, -0.25) is 4.40 Å². The molecule has 0 unspecified atom stereocenters. The van der Waals surface area contributed by atoms with Gasteiger partial charge in [-0.05, 0) is 24.6 Å². The molecule has 132 valence electrons. The first-order valence-corrected chi connectivity index (χ1v) is 9.53. The molecular formula is C22H16N2O2S. The number of aryl methyl sites for hydroxylation is 1. The minimum absolute atomic E-state index is 0.362. The van der Waals surface area contributed by atoms with Crippen molar-refractivity contribution in [1.82, 2.24) is 9.38 Å². The number of aromatic nitrogens is 2. The first-order valence-electron chi connectivity index (χ1n) is 8.72. The van der Waals surface area contributed by atoms with Crippen LogP contribution in [0.1, 0.15) is 16.0 Å². The molecule has 0 aliphatic heterocycles. The van der Waals surface area contributed by atoms with E-state index in [0.29, 0.717) is 16.8 Å². The van der Waals surface area contributed by atoms with Crippen LogP contribution in [-0.2, 0) is 6.42 Å². The maximum Gasteiger partial charge on any atom is 0.345 e. The maximum atomic E-state index is 12.4. The first-order chi connectivity index (χ1) is 13.2. The Balaban J connectivity index is 1.52. The highest BCUT2D eigenvalue weighted by molar-refractivity contribution is 7.17. The fourth-order valence-corrected chi connectivity index (χ4v) is 4.31. The Labute approximate surface area is 159 Å². The summed E-state index contributed by atoms with van der Waals surface area (Å²) in [5.74, 6) is 0. The first kappa shape index (κ1) is 16.0. The fraction of sp³-hybridized carbons (Fsp3) is 0.0909. The second-order valence-corrected chi connectivity index (χ2v) is 7.76. The third-order valence-corrected chi connectivity index (χ3v) is 5.58. The number of fused-ring (bicyclic) bond motifs is 2.